The van der Waals surface area contributed by atoms with Gasteiger partial charge in [0, 0.05) is 38.7 Å². The fourth-order valence-electron chi connectivity index (χ4n) is 9.88. The maximum absolute atomic E-state index is 2.54. The van der Waals surface area contributed by atoms with E-state index >= 15 is 0 Å². The number of para-hydroxylation sites is 4. The van der Waals surface area contributed by atoms with Crippen LogP contribution in [0.5, 0.6) is 0 Å². The van der Waals surface area contributed by atoms with Gasteiger partial charge in [-0.3, -0.25) is 0 Å². The zero-order valence-corrected chi connectivity index (χ0v) is 36.5. The molecule has 302 valence electrons. The van der Waals surface area contributed by atoms with Crippen LogP contribution in [0.25, 0.3) is 54.6 Å². The van der Waals surface area contributed by atoms with Crippen molar-refractivity contribution in [2.75, 3.05) is 9.80 Å². The van der Waals surface area contributed by atoms with Crippen LogP contribution >= 0.6 is 0 Å². The summed E-state index contributed by atoms with van der Waals surface area (Å²) in [5.74, 6) is 0.719. The third-order valence-electron chi connectivity index (χ3n) is 12.8. The van der Waals surface area contributed by atoms with Crippen LogP contribution in [0.2, 0.25) is 0 Å². The molecule has 10 rings (SSSR count). The summed E-state index contributed by atoms with van der Waals surface area (Å²) in [5, 5.41) is 7.76. The summed E-state index contributed by atoms with van der Waals surface area (Å²) in [6.45, 7) is 13.9. The van der Waals surface area contributed by atoms with Crippen molar-refractivity contribution in [2.45, 2.75) is 53.4 Å². The number of rotatable bonds is 10. The maximum Gasteiger partial charge on any atom is 0.0569 e. The lowest BCUT2D eigenvalue weighted by Crippen LogP contribution is -2.17. The van der Waals surface area contributed by atoms with Crippen molar-refractivity contribution in [2.24, 2.45) is 0 Å². The fraction of sp³-hybridized carbons (Fsp3) is 0.133. The molecule has 0 amide bonds. The Morgan fingerprint density at radius 3 is 1.08 bits per heavy atom. The van der Waals surface area contributed by atoms with Crippen LogP contribution in [0.4, 0.5) is 34.1 Å². The Hall–Kier alpha value is -7.16. The Kier molecular flexibility index (Phi) is 10.1. The molecule has 0 spiro atoms. The summed E-state index contributed by atoms with van der Waals surface area (Å²) in [5.41, 5.74) is 16.8. The first kappa shape index (κ1) is 39.0. The Labute approximate surface area is 366 Å². The molecule has 0 atom stereocenters. The van der Waals surface area contributed by atoms with E-state index in [2.05, 4.69) is 245 Å². The quantitative estimate of drug-likeness (QED) is 0.127. The van der Waals surface area contributed by atoms with Crippen LogP contribution < -0.4 is 9.80 Å². The monoisotopic (exact) mass is 800 g/mol. The molecule has 2 nitrogen and oxygen atoms in total. The van der Waals surface area contributed by atoms with Gasteiger partial charge in [0.25, 0.3) is 0 Å². The minimum atomic E-state index is 0.360. The minimum absolute atomic E-state index is 0.360. The molecule has 0 aliphatic heterocycles. The Morgan fingerprint density at radius 2 is 0.694 bits per heavy atom. The third kappa shape index (κ3) is 6.59. The molecule has 10 aromatic rings. The zero-order valence-electron chi connectivity index (χ0n) is 36.5. The highest BCUT2D eigenvalue weighted by Gasteiger charge is 2.29. The van der Waals surface area contributed by atoms with Crippen molar-refractivity contribution in [3.63, 3.8) is 0 Å². The molecule has 0 unspecified atom stereocenters. The maximum atomic E-state index is 2.54. The normalized spacial score (nSPS) is 11.7. The van der Waals surface area contributed by atoms with Crippen molar-refractivity contribution in [3.8, 4) is 22.3 Å². The van der Waals surface area contributed by atoms with Crippen molar-refractivity contribution in [1.29, 1.82) is 0 Å². The summed E-state index contributed by atoms with van der Waals surface area (Å²) in [6.07, 6.45) is 0. The average molecular weight is 801 g/mol. The van der Waals surface area contributed by atoms with Crippen molar-refractivity contribution >= 4 is 66.4 Å². The zero-order chi connectivity index (χ0) is 42.5. The predicted octanol–water partition coefficient (Wildman–Crippen LogP) is 17.7. The topological polar surface area (TPSA) is 6.48 Å². The van der Waals surface area contributed by atoms with E-state index in [-0.39, 0.29) is 0 Å². The second-order valence-corrected chi connectivity index (χ2v) is 17.4. The molecule has 0 saturated carbocycles. The number of hydrogen-bond donors (Lipinski definition) is 0. The number of anilines is 6. The third-order valence-corrected chi connectivity index (χ3v) is 12.8. The van der Waals surface area contributed by atoms with Crippen LogP contribution in [0, 0.1) is 13.8 Å². The Morgan fingerprint density at radius 1 is 0.339 bits per heavy atom. The van der Waals surface area contributed by atoms with Crippen molar-refractivity contribution < 1.29 is 0 Å². The first-order valence-electron chi connectivity index (χ1n) is 22.1. The largest absolute Gasteiger partial charge is 0.309 e. The standard InChI is InChI=1S/C60H52N2/c1-39(2)53-37-54(40(3)4)50-34-36-52-56(62(46-29-17-10-18-30-46)60-42(6)22-20-32-48(60)44-25-13-8-14-26-44)38-55(51-35-33-49(53)57(50)58(51)52)61(45-27-15-9-16-28-45)59-41(5)21-19-31-47(59)43-23-11-7-12-24-43/h7-40H,1-6H3. The molecule has 0 N–H and O–H groups in total. The number of nitrogens with zero attached hydrogens (tertiary/aromatic N) is 2. The molecule has 0 saturated heterocycles. The second-order valence-electron chi connectivity index (χ2n) is 17.4. The van der Waals surface area contributed by atoms with Crippen LogP contribution in [0.15, 0.2) is 194 Å². The summed E-state index contributed by atoms with van der Waals surface area (Å²) in [4.78, 5) is 5.08. The van der Waals surface area contributed by atoms with Gasteiger partial charge in [0.05, 0.1) is 22.7 Å². The van der Waals surface area contributed by atoms with Gasteiger partial charge in [-0.2, -0.15) is 0 Å². The molecule has 0 aliphatic carbocycles. The van der Waals surface area contributed by atoms with E-state index in [9.17, 15) is 0 Å². The summed E-state index contributed by atoms with van der Waals surface area (Å²) < 4.78 is 0. The van der Waals surface area contributed by atoms with E-state index in [1.807, 2.05) is 0 Å². The molecule has 10 aromatic carbocycles. The molecule has 2 heteroatoms. The van der Waals surface area contributed by atoms with Crippen LogP contribution in [-0.2, 0) is 0 Å². The molecule has 0 heterocycles. The molecule has 0 aliphatic rings. The SMILES string of the molecule is Cc1cccc(-c2ccccc2)c1N(c1ccccc1)c1cc(N(c2ccccc2)c2c(C)cccc2-c2ccccc2)c2ccc3c(C(C)C)cc(C(C)C)c4ccc1c2c43. The Balaban J connectivity index is 1.42. The molecule has 0 aromatic heterocycles. The summed E-state index contributed by atoms with van der Waals surface area (Å²) >= 11 is 0. The second kappa shape index (κ2) is 16.0. The van der Waals surface area contributed by atoms with Crippen molar-refractivity contribution in [3.05, 3.63) is 216 Å². The first-order valence-corrected chi connectivity index (χ1v) is 22.1. The first-order chi connectivity index (χ1) is 30.3. The highest BCUT2D eigenvalue weighted by molar-refractivity contribution is 6.30. The van der Waals surface area contributed by atoms with Gasteiger partial charge >= 0.3 is 0 Å². The predicted molar refractivity (Wildman–Crippen MR) is 268 cm³/mol. The van der Waals surface area contributed by atoms with E-state index in [0.29, 0.717) is 11.8 Å². The lowest BCUT2D eigenvalue weighted by molar-refractivity contribution is 0.847. The number of benzene rings is 10. The molecule has 0 fully saturated rings. The summed E-state index contributed by atoms with van der Waals surface area (Å²) in [7, 11) is 0. The van der Waals surface area contributed by atoms with E-state index in [4.69, 9.17) is 0 Å². The van der Waals surface area contributed by atoms with E-state index in [1.54, 1.807) is 0 Å². The van der Waals surface area contributed by atoms with E-state index < -0.39 is 0 Å². The van der Waals surface area contributed by atoms with Gasteiger partial charge in [0.1, 0.15) is 0 Å². The number of hydrogen-bond acceptors (Lipinski definition) is 2. The lowest BCUT2D eigenvalue weighted by atomic mass is 9.83. The molecular weight excluding hydrogens is 749 g/mol. The van der Waals surface area contributed by atoms with Gasteiger partial charge in [-0.25, -0.2) is 0 Å². The summed E-state index contributed by atoms with van der Waals surface area (Å²) in [6, 6.07) is 71.8. The highest BCUT2D eigenvalue weighted by atomic mass is 15.2. The van der Waals surface area contributed by atoms with Crippen LogP contribution in [-0.4, -0.2) is 0 Å². The lowest BCUT2D eigenvalue weighted by Gasteiger charge is -2.35. The minimum Gasteiger partial charge on any atom is -0.309 e. The van der Waals surface area contributed by atoms with E-state index in [0.717, 1.165) is 22.7 Å². The van der Waals surface area contributed by atoms with Gasteiger partial charge in [-0.05, 0) is 106 Å². The van der Waals surface area contributed by atoms with Crippen molar-refractivity contribution in [1.82, 2.24) is 0 Å². The highest BCUT2D eigenvalue weighted by Crippen LogP contribution is 2.54. The molecule has 62 heavy (non-hydrogen) atoms. The fourth-order valence-corrected chi connectivity index (χ4v) is 9.88. The van der Waals surface area contributed by atoms with Gasteiger partial charge in [-0.1, -0.05) is 191 Å². The Bertz CT molecular complexity index is 2980. The van der Waals surface area contributed by atoms with Gasteiger partial charge in [0.2, 0.25) is 0 Å². The smallest absolute Gasteiger partial charge is 0.0569 e. The number of aryl methyl sites for hydroxylation is 2. The van der Waals surface area contributed by atoms with Gasteiger partial charge in [-0.15, -0.1) is 0 Å². The van der Waals surface area contributed by atoms with E-state index in [1.165, 1.54) is 88.2 Å². The molecule has 0 radical (unpaired) electrons. The molecule has 0 bridgehead atoms. The van der Waals surface area contributed by atoms with Gasteiger partial charge in [0.15, 0.2) is 0 Å². The molecular formula is C60H52N2. The van der Waals surface area contributed by atoms with Gasteiger partial charge < -0.3 is 9.80 Å². The van der Waals surface area contributed by atoms with Crippen LogP contribution in [0.3, 0.4) is 0 Å². The van der Waals surface area contributed by atoms with Crippen LogP contribution in [0.1, 0.15) is 61.8 Å². The average Bonchev–Trinajstić information content (AvgIpc) is 3.30.